The number of allylic oxidation sites excluding steroid dienone is 1. The fraction of sp³-hybridized carbons (Fsp3) is 0.143. The van der Waals surface area contributed by atoms with Gasteiger partial charge in [0.05, 0.1) is 26.2 Å². The number of aromatic amines is 1. The third-order valence-corrected chi connectivity index (χ3v) is 11.9. The topological polar surface area (TPSA) is 129 Å². The maximum Gasteiger partial charge on any atom is 0.203 e. The van der Waals surface area contributed by atoms with Crippen molar-refractivity contribution in [3.05, 3.63) is 137 Å². The van der Waals surface area contributed by atoms with Crippen molar-refractivity contribution in [3.63, 3.8) is 0 Å². The molecule has 3 heterocycles. The van der Waals surface area contributed by atoms with E-state index in [9.17, 15) is 13.0 Å². The summed E-state index contributed by atoms with van der Waals surface area (Å²) in [5.41, 5.74) is 1.92. The number of para-hydroxylation sites is 1. The van der Waals surface area contributed by atoms with Crippen LogP contribution in [-0.2, 0) is 14.4 Å². The molecule has 0 atom stereocenters. The Morgan fingerprint density at radius 1 is 0.804 bits per heavy atom. The van der Waals surface area contributed by atoms with Crippen LogP contribution < -0.4 is 10.6 Å². The van der Waals surface area contributed by atoms with Crippen LogP contribution in [0, 0.1) is 25.2 Å². The highest BCUT2D eigenvalue weighted by Crippen LogP contribution is 2.38. The summed E-state index contributed by atoms with van der Waals surface area (Å²) in [6.45, 7) is 8.75. The Balaban J connectivity index is 0.000000168. The van der Waals surface area contributed by atoms with Gasteiger partial charge in [0.2, 0.25) is 9.84 Å². The van der Waals surface area contributed by atoms with Gasteiger partial charge in [-0.2, -0.15) is 10.4 Å². The average molecular weight is 670 g/mol. The molecule has 1 aliphatic rings. The van der Waals surface area contributed by atoms with E-state index in [1.807, 2.05) is 112 Å². The Kier molecular flexibility index (Phi) is 13.3. The standard InChI is InChI=1S/C13H13OP.C9H8O2S.C8H7NS.C3H5N3.C2H3N/c1-15(14,12-8-4-2-5-9-12)13-10-6-3-7-11-13;1-7-6-8-4-2-3-5-9(8)12(7,10)11;1-6-9-7-4-2-3-5-8(7)10-6;1-3-4-2-5-6-3;1-2-3/h2-11H,1H3;2-6H,1H3;2-5H,1H3;2H,1H3,(H,4,5,6);1H3. The van der Waals surface area contributed by atoms with E-state index in [0.717, 1.165) is 32.5 Å². The zero-order valence-electron chi connectivity index (χ0n) is 26.3. The number of nitriles is 1. The Morgan fingerprint density at radius 3 is 1.80 bits per heavy atom. The SMILES string of the molecule is CC#N.CC1=Cc2ccccc2S1(=O)=O.CP(=O)(c1ccccc1)c1ccccc1.Cc1nc2ccccc2s1.Cc1ncn[nH]1. The molecule has 1 aliphatic heterocycles. The lowest BCUT2D eigenvalue weighted by molar-refractivity contribution is 0.590. The summed E-state index contributed by atoms with van der Waals surface area (Å²) in [5, 5.41) is 16.5. The van der Waals surface area contributed by atoms with Gasteiger partial charge in [-0.1, -0.05) is 91.0 Å². The van der Waals surface area contributed by atoms with Gasteiger partial charge in [0.25, 0.3) is 0 Å². The van der Waals surface area contributed by atoms with Crippen molar-refractivity contribution in [1.29, 1.82) is 5.26 Å². The van der Waals surface area contributed by atoms with Crippen LogP contribution in [0.25, 0.3) is 16.3 Å². The first-order valence-corrected chi connectivity index (χ1v) is 18.6. The number of aromatic nitrogens is 4. The molecule has 0 unspecified atom stereocenters. The molecular weight excluding hydrogens is 634 g/mol. The molecule has 0 fully saturated rings. The molecule has 236 valence electrons. The van der Waals surface area contributed by atoms with E-state index >= 15 is 0 Å². The molecule has 1 N–H and O–H groups in total. The summed E-state index contributed by atoms with van der Waals surface area (Å²) in [7, 11) is -5.52. The largest absolute Gasteiger partial charge is 0.314 e. The Bertz CT molecular complexity index is 1980. The van der Waals surface area contributed by atoms with Crippen LogP contribution >= 0.6 is 18.5 Å². The molecule has 46 heavy (non-hydrogen) atoms. The van der Waals surface area contributed by atoms with Crippen LogP contribution in [0.5, 0.6) is 0 Å². The van der Waals surface area contributed by atoms with Crippen molar-refractivity contribution in [3.8, 4) is 6.07 Å². The minimum atomic E-state index is -3.12. The molecule has 0 aliphatic carbocycles. The van der Waals surface area contributed by atoms with Gasteiger partial charge in [-0.15, -0.1) is 11.3 Å². The van der Waals surface area contributed by atoms with Gasteiger partial charge in [-0.25, -0.2) is 18.4 Å². The summed E-state index contributed by atoms with van der Waals surface area (Å²) in [5.74, 6) is 0.856. The molecule has 0 radical (unpaired) electrons. The zero-order chi connectivity index (χ0) is 33.6. The van der Waals surface area contributed by atoms with E-state index in [-0.39, 0.29) is 0 Å². The molecule has 0 saturated carbocycles. The predicted octanol–water partition coefficient (Wildman–Crippen LogP) is 7.71. The Hall–Kier alpha value is -4.68. The molecule has 0 bridgehead atoms. The highest BCUT2D eigenvalue weighted by Gasteiger charge is 2.25. The molecular formula is C35H36N5O3PS2. The number of hydrogen-bond acceptors (Lipinski definition) is 8. The van der Waals surface area contributed by atoms with Crippen LogP contribution in [0.3, 0.4) is 0 Å². The minimum absolute atomic E-state index is 0.433. The van der Waals surface area contributed by atoms with Crippen molar-refractivity contribution in [2.75, 3.05) is 6.66 Å². The Labute approximate surface area is 274 Å². The summed E-state index contributed by atoms with van der Waals surface area (Å²) < 4.78 is 36.9. The highest BCUT2D eigenvalue weighted by atomic mass is 32.2. The number of fused-ring (bicyclic) bond motifs is 2. The molecule has 11 heteroatoms. The van der Waals surface area contributed by atoms with Crippen molar-refractivity contribution in [1.82, 2.24) is 20.2 Å². The van der Waals surface area contributed by atoms with Gasteiger partial charge < -0.3 is 4.57 Å². The third kappa shape index (κ3) is 9.91. The maximum atomic E-state index is 12.6. The molecule has 7 rings (SSSR count). The fourth-order valence-electron chi connectivity index (χ4n) is 4.14. The van der Waals surface area contributed by atoms with Gasteiger partial charge in [-0.05, 0) is 57.3 Å². The van der Waals surface area contributed by atoms with E-state index in [1.54, 1.807) is 42.5 Å². The van der Waals surface area contributed by atoms with Gasteiger partial charge in [0.1, 0.15) is 19.3 Å². The van der Waals surface area contributed by atoms with Gasteiger partial charge in [0, 0.05) is 22.4 Å². The van der Waals surface area contributed by atoms with Crippen LogP contribution in [0.4, 0.5) is 0 Å². The van der Waals surface area contributed by atoms with E-state index in [4.69, 9.17) is 5.26 Å². The van der Waals surface area contributed by atoms with Crippen molar-refractivity contribution < 1.29 is 13.0 Å². The van der Waals surface area contributed by atoms with Crippen molar-refractivity contribution >= 4 is 55.2 Å². The van der Waals surface area contributed by atoms with E-state index in [1.165, 1.54) is 18.0 Å². The lowest BCUT2D eigenvalue weighted by Gasteiger charge is -2.13. The first kappa shape index (κ1) is 35.8. The minimum Gasteiger partial charge on any atom is -0.314 e. The number of rotatable bonds is 2. The van der Waals surface area contributed by atoms with Gasteiger partial charge in [-0.3, -0.25) is 5.10 Å². The second kappa shape index (κ2) is 17.1. The monoisotopic (exact) mass is 669 g/mol. The second-order valence-corrected chi connectivity index (χ2v) is 16.1. The number of hydrogen-bond donors (Lipinski definition) is 1. The van der Waals surface area contributed by atoms with Gasteiger partial charge >= 0.3 is 0 Å². The smallest absolute Gasteiger partial charge is 0.203 e. The summed E-state index contributed by atoms with van der Waals surface area (Å²) in [4.78, 5) is 8.95. The van der Waals surface area contributed by atoms with Crippen molar-refractivity contribution in [2.45, 2.75) is 32.6 Å². The highest BCUT2D eigenvalue weighted by molar-refractivity contribution is 7.95. The normalized spacial score (nSPS) is 12.1. The lowest BCUT2D eigenvalue weighted by Crippen LogP contribution is -2.14. The van der Waals surface area contributed by atoms with Crippen LogP contribution in [0.1, 0.15) is 30.2 Å². The van der Waals surface area contributed by atoms with E-state index in [2.05, 4.69) is 26.2 Å². The first-order chi connectivity index (χ1) is 22.0. The number of H-pyrrole nitrogens is 1. The molecule has 6 aromatic rings. The lowest BCUT2D eigenvalue weighted by atomic mass is 10.2. The van der Waals surface area contributed by atoms with Crippen LogP contribution in [0.15, 0.2) is 125 Å². The second-order valence-electron chi connectivity index (χ2n) is 9.89. The average Bonchev–Trinajstić information content (AvgIpc) is 3.76. The quantitative estimate of drug-likeness (QED) is 0.187. The number of nitrogens with one attached hydrogen (secondary N) is 1. The third-order valence-electron chi connectivity index (χ3n) is 6.43. The number of benzene rings is 4. The van der Waals surface area contributed by atoms with Crippen molar-refractivity contribution in [2.24, 2.45) is 0 Å². The zero-order valence-corrected chi connectivity index (χ0v) is 28.9. The maximum absolute atomic E-state index is 12.6. The molecule has 4 aromatic carbocycles. The van der Waals surface area contributed by atoms with Crippen LogP contribution in [0.2, 0.25) is 0 Å². The summed E-state index contributed by atoms with van der Waals surface area (Å²) in [6, 6.07) is 36.2. The summed E-state index contributed by atoms with van der Waals surface area (Å²) in [6.07, 6.45) is 3.18. The number of nitrogens with zero attached hydrogens (tertiary/aromatic N) is 4. The number of thiazole rings is 1. The number of aryl methyl sites for hydroxylation is 2. The fourth-order valence-corrected chi connectivity index (χ4v) is 8.07. The molecule has 2 aromatic heterocycles. The molecule has 8 nitrogen and oxygen atoms in total. The van der Waals surface area contributed by atoms with E-state index in [0.29, 0.717) is 9.80 Å². The van der Waals surface area contributed by atoms with Crippen LogP contribution in [-0.4, -0.2) is 35.2 Å². The Morgan fingerprint density at radius 2 is 1.33 bits per heavy atom. The van der Waals surface area contributed by atoms with Gasteiger partial charge in [0.15, 0.2) is 0 Å². The molecule has 0 saturated heterocycles. The molecule has 0 amide bonds. The summed E-state index contributed by atoms with van der Waals surface area (Å²) >= 11 is 1.74. The first-order valence-electron chi connectivity index (χ1n) is 14.2. The number of sulfone groups is 1. The predicted molar refractivity (Wildman–Crippen MR) is 190 cm³/mol. The molecule has 0 spiro atoms. The van der Waals surface area contributed by atoms with E-state index < -0.39 is 17.0 Å².